The van der Waals surface area contributed by atoms with Crippen LogP contribution in [-0.2, 0) is 11.8 Å². The largest absolute Gasteiger partial charge is 0.392 e. The quantitative estimate of drug-likeness (QED) is 0.842. The topological polar surface area (TPSA) is 20.2 Å². The second-order valence-electron chi connectivity index (χ2n) is 6.41. The molecule has 1 N–H and O–H groups in total. The highest BCUT2D eigenvalue weighted by Crippen LogP contribution is 2.31. The Balaban J connectivity index is 1.98. The van der Waals surface area contributed by atoms with Gasteiger partial charge in [0, 0.05) is 0 Å². The fourth-order valence-corrected chi connectivity index (χ4v) is 2.37. The third kappa shape index (κ3) is 3.10. The summed E-state index contributed by atoms with van der Waals surface area (Å²) in [6.45, 7) is 6.68. The maximum absolute atomic E-state index is 10.1. The Labute approximate surface area is 105 Å². The second kappa shape index (κ2) is 4.81. The lowest BCUT2D eigenvalue weighted by atomic mass is 9.79. The molecular weight excluding hydrogens is 208 g/mol. The third-order valence-corrected chi connectivity index (χ3v) is 3.96. The van der Waals surface area contributed by atoms with Crippen molar-refractivity contribution >= 4 is 0 Å². The molecule has 1 nitrogen and oxygen atoms in total. The van der Waals surface area contributed by atoms with Crippen molar-refractivity contribution in [3.8, 4) is 0 Å². The third-order valence-electron chi connectivity index (χ3n) is 3.96. The molecule has 1 aromatic carbocycles. The van der Waals surface area contributed by atoms with Gasteiger partial charge in [0.25, 0.3) is 0 Å². The molecule has 0 aliphatic heterocycles. The molecular formula is C16H24O. The number of aliphatic hydroxyl groups excluding tert-OH is 1. The van der Waals surface area contributed by atoms with Gasteiger partial charge in [-0.15, -0.1) is 0 Å². The smallest absolute Gasteiger partial charge is 0.0608 e. The Hall–Kier alpha value is -0.820. The molecule has 1 unspecified atom stereocenters. The van der Waals surface area contributed by atoms with Crippen molar-refractivity contribution < 1.29 is 5.11 Å². The fraction of sp³-hybridized carbons (Fsp3) is 0.625. The molecule has 1 atom stereocenters. The van der Waals surface area contributed by atoms with E-state index in [1.165, 1.54) is 30.4 Å². The van der Waals surface area contributed by atoms with Crippen LogP contribution in [-0.4, -0.2) is 11.2 Å². The van der Waals surface area contributed by atoms with E-state index in [2.05, 4.69) is 45.0 Å². The van der Waals surface area contributed by atoms with E-state index in [-0.39, 0.29) is 11.5 Å². The average Bonchev–Trinajstić information content (AvgIpc) is 2.13. The van der Waals surface area contributed by atoms with Crippen LogP contribution >= 0.6 is 0 Å². The first kappa shape index (κ1) is 12.6. The van der Waals surface area contributed by atoms with Crippen LogP contribution < -0.4 is 0 Å². The monoisotopic (exact) mass is 232 g/mol. The van der Waals surface area contributed by atoms with E-state index in [0.29, 0.717) is 5.92 Å². The molecule has 1 heteroatoms. The maximum Gasteiger partial charge on any atom is 0.0608 e. The van der Waals surface area contributed by atoms with Crippen LogP contribution in [0.15, 0.2) is 24.3 Å². The van der Waals surface area contributed by atoms with Crippen molar-refractivity contribution in [1.82, 2.24) is 0 Å². The van der Waals surface area contributed by atoms with E-state index in [1.54, 1.807) is 0 Å². The van der Waals surface area contributed by atoms with Crippen molar-refractivity contribution in [2.24, 2.45) is 5.92 Å². The predicted molar refractivity (Wildman–Crippen MR) is 72.2 cm³/mol. The highest BCUT2D eigenvalue weighted by molar-refractivity contribution is 5.27. The molecule has 1 aliphatic carbocycles. The second-order valence-corrected chi connectivity index (χ2v) is 6.41. The molecule has 2 rings (SSSR count). The molecule has 1 aliphatic rings. The van der Waals surface area contributed by atoms with E-state index in [1.807, 2.05) is 0 Å². The van der Waals surface area contributed by atoms with Crippen molar-refractivity contribution in [3.05, 3.63) is 35.4 Å². The molecule has 1 saturated carbocycles. The maximum atomic E-state index is 10.1. The van der Waals surface area contributed by atoms with Gasteiger partial charge in [-0.3, -0.25) is 0 Å². The van der Waals surface area contributed by atoms with Crippen LogP contribution in [0.3, 0.4) is 0 Å². The Bertz CT molecular complexity index is 354. The highest BCUT2D eigenvalue weighted by atomic mass is 16.3. The zero-order valence-electron chi connectivity index (χ0n) is 11.2. The molecule has 0 saturated heterocycles. The summed E-state index contributed by atoms with van der Waals surface area (Å²) in [5.74, 6) is 0.553. The zero-order valence-corrected chi connectivity index (χ0v) is 11.2. The number of rotatable bonds is 3. The van der Waals surface area contributed by atoms with Crippen molar-refractivity contribution in [2.45, 2.75) is 58.0 Å². The highest BCUT2D eigenvalue weighted by Gasteiger charge is 2.25. The lowest BCUT2D eigenvalue weighted by molar-refractivity contribution is 0.0630. The van der Waals surface area contributed by atoms with Gasteiger partial charge in [-0.25, -0.2) is 0 Å². The SMILES string of the molecule is CC(C)(C)c1ccc(CC(O)C2CCC2)cc1. The molecule has 0 bridgehead atoms. The summed E-state index contributed by atoms with van der Waals surface area (Å²) >= 11 is 0. The van der Waals surface area contributed by atoms with Gasteiger partial charge in [0.15, 0.2) is 0 Å². The Kier molecular flexibility index (Phi) is 3.58. The zero-order chi connectivity index (χ0) is 12.5. The first-order valence-corrected chi connectivity index (χ1v) is 6.74. The van der Waals surface area contributed by atoms with Crippen LogP contribution in [0.5, 0.6) is 0 Å². The minimum absolute atomic E-state index is 0.135. The summed E-state index contributed by atoms with van der Waals surface area (Å²) in [7, 11) is 0. The van der Waals surface area contributed by atoms with Crippen molar-refractivity contribution in [1.29, 1.82) is 0 Å². The number of aliphatic hydroxyl groups is 1. The summed E-state index contributed by atoms with van der Waals surface area (Å²) in [6.07, 6.45) is 4.40. The molecule has 0 spiro atoms. The van der Waals surface area contributed by atoms with Gasteiger partial charge >= 0.3 is 0 Å². The van der Waals surface area contributed by atoms with Crippen LogP contribution in [0.4, 0.5) is 0 Å². The average molecular weight is 232 g/mol. The first-order valence-electron chi connectivity index (χ1n) is 6.74. The van der Waals surface area contributed by atoms with Crippen LogP contribution in [0.25, 0.3) is 0 Å². The molecule has 0 radical (unpaired) electrons. The minimum atomic E-state index is -0.135. The molecule has 0 amide bonds. The van der Waals surface area contributed by atoms with Gasteiger partial charge in [0.05, 0.1) is 6.10 Å². The summed E-state index contributed by atoms with van der Waals surface area (Å²) < 4.78 is 0. The molecule has 94 valence electrons. The van der Waals surface area contributed by atoms with E-state index in [4.69, 9.17) is 0 Å². The van der Waals surface area contributed by atoms with E-state index in [0.717, 1.165) is 6.42 Å². The summed E-state index contributed by atoms with van der Waals surface area (Å²) in [4.78, 5) is 0. The van der Waals surface area contributed by atoms with Gasteiger partial charge in [-0.1, -0.05) is 51.5 Å². The molecule has 1 fully saturated rings. The van der Waals surface area contributed by atoms with Crippen molar-refractivity contribution in [3.63, 3.8) is 0 Å². The first-order chi connectivity index (χ1) is 7.97. The van der Waals surface area contributed by atoms with Crippen LogP contribution in [0.1, 0.15) is 51.2 Å². The lowest BCUT2D eigenvalue weighted by Gasteiger charge is -2.30. The number of hydrogen-bond acceptors (Lipinski definition) is 1. The molecule has 0 aromatic heterocycles. The standard InChI is InChI=1S/C16H24O/c1-16(2,3)14-9-7-12(8-10-14)11-15(17)13-5-4-6-13/h7-10,13,15,17H,4-6,11H2,1-3H3. The summed E-state index contributed by atoms with van der Waals surface area (Å²) in [5.41, 5.74) is 2.84. The Morgan fingerprint density at radius 3 is 2.18 bits per heavy atom. The molecule has 0 heterocycles. The predicted octanol–water partition coefficient (Wildman–Crippen LogP) is 3.69. The van der Waals surface area contributed by atoms with Crippen LogP contribution in [0, 0.1) is 5.92 Å². The fourth-order valence-electron chi connectivity index (χ4n) is 2.37. The summed E-state index contributed by atoms with van der Waals surface area (Å²) in [5, 5.41) is 10.1. The van der Waals surface area contributed by atoms with Gasteiger partial charge in [0.1, 0.15) is 0 Å². The number of benzene rings is 1. The molecule has 17 heavy (non-hydrogen) atoms. The van der Waals surface area contributed by atoms with E-state index in [9.17, 15) is 5.11 Å². The van der Waals surface area contributed by atoms with E-state index < -0.39 is 0 Å². The normalized spacial score (nSPS) is 18.8. The van der Waals surface area contributed by atoms with Gasteiger partial charge in [-0.05, 0) is 41.7 Å². The van der Waals surface area contributed by atoms with E-state index >= 15 is 0 Å². The van der Waals surface area contributed by atoms with Gasteiger partial charge in [-0.2, -0.15) is 0 Å². The Morgan fingerprint density at radius 1 is 1.18 bits per heavy atom. The molecule has 1 aromatic rings. The van der Waals surface area contributed by atoms with Crippen LogP contribution in [0.2, 0.25) is 0 Å². The number of hydrogen-bond donors (Lipinski definition) is 1. The van der Waals surface area contributed by atoms with Gasteiger partial charge in [0.2, 0.25) is 0 Å². The Morgan fingerprint density at radius 2 is 1.76 bits per heavy atom. The van der Waals surface area contributed by atoms with Gasteiger partial charge < -0.3 is 5.11 Å². The minimum Gasteiger partial charge on any atom is -0.392 e. The lowest BCUT2D eigenvalue weighted by Crippen LogP contribution is -2.28. The summed E-state index contributed by atoms with van der Waals surface area (Å²) in [6, 6.07) is 8.73. The van der Waals surface area contributed by atoms with Crippen molar-refractivity contribution in [2.75, 3.05) is 0 Å².